The fourth-order valence-electron chi connectivity index (χ4n) is 5.51. The highest BCUT2D eigenvalue weighted by Crippen LogP contribution is 2.39. The van der Waals surface area contributed by atoms with E-state index < -0.39 is 22.2 Å². The lowest BCUT2D eigenvalue weighted by molar-refractivity contribution is -0.255. The fraction of sp³-hybridized carbons (Fsp3) is 0.864. The first-order valence-electron chi connectivity index (χ1n) is 11.3. The third kappa shape index (κ3) is 5.08. The standard InChI is InChI=1S/C22H40N6O4/c1-19(2)10-14(11-20(3,4)27(19)29)23-16-24-17(31-9)26-18(25-16)32-15-12-21(5,6)28(30)22(7,8)13-15/h14-15,29-30H,10-13H2,1-9H3,(H,23,24,25,26). The van der Waals surface area contributed by atoms with E-state index in [0.717, 1.165) is 0 Å². The van der Waals surface area contributed by atoms with E-state index in [-0.39, 0.29) is 24.2 Å². The fourth-order valence-corrected chi connectivity index (χ4v) is 5.51. The third-order valence-electron chi connectivity index (χ3n) is 6.62. The summed E-state index contributed by atoms with van der Waals surface area (Å²) in [5, 5.41) is 27.4. The van der Waals surface area contributed by atoms with Gasteiger partial charge in [-0.2, -0.15) is 20.1 Å². The summed E-state index contributed by atoms with van der Waals surface area (Å²) < 4.78 is 11.5. The quantitative estimate of drug-likeness (QED) is 0.613. The average Bonchev–Trinajstić information content (AvgIpc) is 2.63. The van der Waals surface area contributed by atoms with Crippen LogP contribution in [-0.2, 0) is 0 Å². The summed E-state index contributed by atoms with van der Waals surface area (Å²) in [6.45, 7) is 16.0. The molecule has 3 rings (SSSR count). The largest absolute Gasteiger partial charge is 0.467 e. The molecule has 0 radical (unpaired) electrons. The lowest BCUT2D eigenvalue weighted by Gasteiger charge is -2.51. The van der Waals surface area contributed by atoms with Crippen LogP contribution in [0.1, 0.15) is 81.1 Å². The van der Waals surface area contributed by atoms with E-state index in [2.05, 4.69) is 20.3 Å². The van der Waals surface area contributed by atoms with Crippen molar-refractivity contribution < 1.29 is 19.9 Å². The minimum absolute atomic E-state index is 0.0545. The molecule has 0 bridgehead atoms. The monoisotopic (exact) mass is 452 g/mol. The minimum atomic E-state index is -0.444. The molecule has 2 saturated heterocycles. The van der Waals surface area contributed by atoms with Crippen molar-refractivity contribution in [1.82, 2.24) is 25.1 Å². The number of nitrogens with zero attached hydrogens (tertiary/aromatic N) is 5. The molecule has 0 spiro atoms. The topological polar surface area (TPSA) is 116 Å². The van der Waals surface area contributed by atoms with E-state index in [1.54, 1.807) is 0 Å². The first-order valence-corrected chi connectivity index (χ1v) is 11.3. The Kier molecular flexibility index (Phi) is 6.40. The third-order valence-corrected chi connectivity index (χ3v) is 6.62. The van der Waals surface area contributed by atoms with Gasteiger partial charge in [-0.1, -0.05) is 0 Å². The Labute approximate surface area is 191 Å². The van der Waals surface area contributed by atoms with E-state index >= 15 is 0 Å². The predicted molar refractivity (Wildman–Crippen MR) is 120 cm³/mol. The highest BCUT2D eigenvalue weighted by Gasteiger charge is 2.47. The second-order valence-corrected chi connectivity index (χ2v) is 11.7. The highest BCUT2D eigenvalue weighted by atomic mass is 16.5. The predicted octanol–water partition coefficient (Wildman–Crippen LogP) is 3.49. The molecule has 0 atom stereocenters. The van der Waals surface area contributed by atoms with E-state index in [1.165, 1.54) is 17.2 Å². The van der Waals surface area contributed by atoms with Gasteiger partial charge in [0, 0.05) is 41.0 Å². The second kappa shape index (κ2) is 8.23. The van der Waals surface area contributed by atoms with E-state index in [0.29, 0.717) is 31.6 Å². The molecule has 32 heavy (non-hydrogen) atoms. The Bertz CT molecular complexity index is 730. The molecule has 10 heteroatoms. The zero-order valence-electron chi connectivity index (χ0n) is 20.9. The number of anilines is 1. The van der Waals surface area contributed by atoms with Crippen molar-refractivity contribution in [2.75, 3.05) is 12.4 Å². The molecule has 0 amide bonds. The zero-order chi connectivity index (χ0) is 24.1. The van der Waals surface area contributed by atoms with E-state index in [9.17, 15) is 10.4 Å². The number of rotatable bonds is 5. The maximum atomic E-state index is 10.6. The highest BCUT2D eigenvalue weighted by molar-refractivity contribution is 5.30. The number of hydrogen-bond acceptors (Lipinski definition) is 10. The molecular weight excluding hydrogens is 412 g/mol. The van der Waals surface area contributed by atoms with Crippen LogP contribution in [-0.4, -0.2) is 76.9 Å². The Morgan fingerprint density at radius 1 is 0.750 bits per heavy atom. The van der Waals surface area contributed by atoms with Crippen molar-refractivity contribution in [1.29, 1.82) is 0 Å². The average molecular weight is 453 g/mol. The molecule has 182 valence electrons. The second-order valence-electron chi connectivity index (χ2n) is 11.7. The zero-order valence-corrected chi connectivity index (χ0v) is 20.9. The molecular formula is C22H40N6O4. The summed E-state index contributed by atoms with van der Waals surface area (Å²) in [5.74, 6) is 0.382. The Balaban J connectivity index is 1.79. The first-order chi connectivity index (χ1) is 14.6. The molecule has 0 saturated carbocycles. The molecule has 10 nitrogen and oxygen atoms in total. The van der Waals surface area contributed by atoms with Gasteiger partial charge >= 0.3 is 12.0 Å². The molecule has 2 fully saturated rings. The van der Waals surface area contributed by atoms with Gasteiger partial charge in [0.1, 0.15) is 6.10 Å². The van der Waals surface area contributed by atoms with Crippen LogP contribution in [0.15, 0.2) is 0 Å². The van der Waals surface area contributed by atoms with Crippen molar-refractivity contribution >= 4 is 5.95 Å². The normalized spacial score (nSPS) is 26.0. The van der Waals surface area contributed by atoms with Crippen LogP contribution in [0, 0.1) is 0 Å². The number of methoxy groups -OCH3 is 1. The number of aromatic nitrogens is 3. The summed E-state index contributed by atoms with van der Waals surface area (Å²) >= 11 is 0. The van der Waals surface area contributed by atoms with Crippen LogP contribution < -0.4 is 14.8 Å². The van der Waals surface area contributed by atoms with Crippen LogP contribution in [0.3, 0.4) is 0 Å². The van der Waals surface area contributed by atoms with Crippen molar-refractivity contribution in [2.24, 2.45) is 0 Å². The Morgan fingerprint density at radius 3 is 1.66 bits per heavy atom. The van der Waals surface area contributed by atoms with E-state index in [1.807, 2.05) is 55.4 Å². The van der Waals surface area contributed by atoms with Gasteiger partial charge in [-0.25, -0.2) is 0 Å². The van der Waals surface area contributed by atoms with Gasteiger partial charge in [0.25, 0.3) is 0 Å². The van der Waals surface area contributed by atoms with Crippen LogP contribution in [0.2, 0.25) is 0 Å². The number of hydroxylamine groups is 4. The van der Waals surface area contributed by atoms with Crippen molar-refractivity contribution in [3.8, 4) is 12.0 Å². The lowest BCUT2D eigenvalue weighted by atomic mass is 9.79. The van der Waals surface area contributed by atoms with Crippen LogP contribution in [0.4, 0.5) is 5.95 Å². The van der Waals surface area contributed by atoms with Gasteiger partial charge in [0.05, 0.1) is 7.11 Å². The summed E-state index contributed by atoms with van der Waals surface area (Å²) in [6.07, 6.45) is 2.52. The van der Waals surface area contributed by atoms with Gasteiger partial charge in [-0.3, -0.25) is 0 Å². The molecule has 0 aromatic carbocycles. The summed E-state index contributed by atoms with van der Waals surface area (Å²) in [7, 11) is 1.51. The van der Waals surface area contributed by atoms with Gasteiger partial charge in [-0.05, 0) is 68.2 Å². The van der Waals surface area contributed by atoms with Gasteiger partial charge in [-0.15, -0.1) is 4.98 Å². The molecule has 1 aromatic rings. The van der Waals surface area contributed by atoms with Crippen molar-refractivity contribution in [3.05, 3.63) is 0 Å². The maximum Gasteiger partial charge on any atom is 0.324 e. The molecule has 2 aliphatic heterocycles. The van der Waals surface area contributed by atoms with Gasteiger partial charge in [0.2, 0.25) is 5.95 Å². The summed E-state index contributed by atoms with van der Waals surface area (Å²) in [4.78, 5) is 13.2. The smallest absolute Gasteiger partial charge is 0.324 e. The number of nitrogens with one attached hydrogen (secondary N) is 1. The molecule has 0 aliphatic carbocycles. The number of hydrogen-bond donors (Lipinski definition) is 3. The maximum absolute atomic E-state index is 10.6. The minimum Gasteiger partial charge on any atom is -0.467 e. The first kappa shape index (κ1) is 24.9. The van der Waals surface area contributed by atoms with E-state index in [4.69, 9.17) is 9.47 Å². The Hall–Kier alpha value is -1.75. The van der Waals surface area contributed by atoms with Gasteiger partial charge in [0.15, 0.2) is 0 Å². The van der Waals surface area contributed by atoms with Crippen LogP contribution in [0.25, 0.3) is 0 Å². The molecule has 3 heterocycles. The SMILES string of the molecule is COc1nc(NC2CC(C)(C)N(O)C(C)(C)C2)nc(OC2CC(C)(C)N(O)C(C)(C)C2)n1. The molecule has 1 aromatic heterocycles. The molecule has 2 aliphatic rings. The number of piperidine rings is 2. The van der Waals surface area contributed by atoms with Gasteiger partial charge < -0.3 is 25.2 Å². The molecule has 3 N–H and O–H groups in total. The molecule has 0 unspecified atom stereocenters. The van der Waals surface area contributed by atoms with Crippen LogP contribution in [0.5, 0.6) is 12.0 Å². The van der Waals surface area contributed by atoms with Crippen LogP contribution >= 0.6 is 0 Å². The number of ether oxygens (including phenoxy) is 2. The summed E-state index contributed by atoms with van der Waals surface area (Å²) in [5.41, 5.74) is -1.68. The van der Waals surface area contributed by atoms with Crippen molar-refractivity contribution in [3.63, 3.8) is 0 Å². The Morgan fingerprint density at radius 2 is 1.19 bits per heavy atom. The lowest BCUT2D eigenvalue weighted by Crippen LogP contribution is -2.61. The van der Waals surface area contributed by atoms with Crippen molar-refractivity contribution in [2.45, 2.75) is 115 Å². The summed E-state index contributed by atoms with van der Waals surface area (Å²) in [6, 6.07) is 0.424.